The van der Waals surface area contributed by atoms with Crippen molar-refractivity contribution in [2.45, 2.75) is 44.5 Å². The highest BCUT2D eigenvalue weighted by atomic mass is 32.1. The predicted octanol–water partition coefficient (Wildman–Crippen LogP) is 2.19. The number of aromatic nitrogens is 1. The first-order chi connectivity index (χ1) is 9.67. The van der Waals surface area contributed by atoms with Gasteiger partial charge in [0.15, 0.2) is 5.79 Å². The molecule has 6 heteroatoms. The summed E-state index contributed by atoms with van der Waals surface area (Å²) in [6.45, 7) is 3.31. The van der Waals surface area contributed by atoms with Gasteiger partial charge in [-0.15, -0.1) is 11.3 Å². The summed E-state index contributed by atoms with van der Waals surface area (Å²) >= 11 is 1.42. The minimum atomic E-state index is -0.386. The number of hydrogen-bond acceptors (Lipinski definition) is 5. The molecule has 0 aromatic carbocycles. The Morgan fingerprint density at radius 1 is 1.55 bits per heavy atom. The Bertz CT molecular complexity index is 455. The van der Waals surface area contributed by atoms with Gasteiger partial charge in [0.05, 0.1) is 12.1 Å². The number of ether oxygens (including phenoxy) is 2. The molecule has 1 atom stereocenters. The smallest absolute Gasteiger partial charge is 0.270 e. The first-order valence-corrected chi connectivity index (χ1v) is 8.09. The van der Waals surface area contributed by atoms with Crippen LogP contribution in [0.3, 0.4) is 0 Å². The van der Waals surface area contributed by atoms with E-state index >= 15 is 0 Å². The van der Waals surface area contributed by atoms with Crippen molar-refractivity contribution in [2.24, 2.45) is 5.92 Å². The maximum Gasteiger partial charge on any atom is 0.270 e. The van der Waals surface area contributed by atoms with Crippen LogP contribution in [0.15, 0.2) is 10.9 Å². The average Bonchev–Trinajstić information content (AvgIpc) is 3.10. The number of nitrogens with zero attached hydrogens (tertiary/aromatic N) is 1. The van der Waals surface area contributed by atoms with Crippen LogP contribution in [0, 0.1) is 5.92 Å². The highest BCUT2D eigenvalue weighted by Gasteiger charge is 2.43. The predicted molar refractivity (Wildman–Crippen MR) is 75.6 cm³/mol. The van der Waals surface area contributed by atoms with Gasteiger partial charge in [0.2, 0.25) is 0 Å². The summed E-state index contributed by atoms with van der Waals surface area (Å²) in [6, 6.07) is 0. The summed E-state index contributed by atoms with van der Waals surface area (Å²) in [4.78, 5) is 15.8. The van der Waals surface area contributed by atoms with E-state index in [9.17, 15) is 4.79 Å². The topological polar surface area (TPSA) is 60.5 Å². The van der Waals surface area contributed by atoms with Crippen molar-refractivity contribution in [3.8, 4) is 0 Å². The molecule has 20 heavy (non-hydrogen) atoms. The van der Waals surface area contributed by atoms with Gasteiger partial charge in [0.25, 0.3) is 5.91 Å². The van der Waals surface area contributed by atoms with Gasteiger partial charge in [-0.25, -0.2) is 4.98 Å². The molecule has 0 radical (unpaired) electrons. The summed E-state index contributed by atoms with van der Waals surface area (Å²) in [5.74, 6) is 0.229. The maximum absolute atomic E-state index is 11.8. The lowest BCUT2D eigenvalue weighted by Gasteiger charge is -2.34. The Kier molecular flexibility index (Phi) is 4.05. The summed E-state index contributed by atoms with van der Waals surface area (Å²) in [5.41, 5.74) is 2.12. The third-order valence-electron chi connectivity index (χ3n) is 4.11. The molecule has 2 fully saturated rings. The highest BCUT2D eigenvalue weighted by Crippen LogP contribution is 2.39. The lowest BCUT2D eigenvalue weighted by Crippen LogP contribution is -2.38. The Labute approximate surface area is 122 Å². The van der Waals surface area contributed by atoms with Crippen LogP contribution < -0.4 is 5.32 Å². The molecule has 1 aromatic rings. The van der Waals surface area contributed by atoms with Crippen LogP contribution in [0.5, 0.6) is 0 Å². The van der Waals surface area contributed by atoms with Crippen LogP contribution in [0.2, 0.25) is 0 Å². The lowest BCUT2D eigenvalue weighted by atomic mass is 9.86. The Hall–Kier alpha value is -0.980. The van der Waals surface area contributed by atoms with E-state index in [0.717, 1.165) is 31.6 Å². The molecule has 5 nitrogen and oxygen atoms in total. The minimum Gasteiger partial charge on any atom is -0.348 e. The number of amides is 1. The Morgan fingerprint density at radius 2 is 2.35 bits per heavy atom. The number of rotatable bonds is 3. The third-order valence-corrected chi connectivity index (χ3v) is 4.69. The second-order valence-electron chi connectivity index (χ2n) is 5.73. The van der Waals surface area contributed by atoms with E-state index < -0.39 is 0 Å². The molecule has 0 bridgehead atoms. The van der Waals surface area contributed by atoms with Crippen molar-refractivity contribution in [1.82, 2.24) is 10.3 Å². The molecule has 3 rings (SSSR count). The number of carbonyl (C=O) groups excluding carboxylic acids is 1. The van der Waals surface area contributed by atoms with Crippen LogP contribution in [0.25, 0.3) is 0 Å². The molecule has 0 unspecified atom stereocenters. The third kappa shape index (κ3) is 3.02. The SMILES string of the molecule is CC1CCC2(CC1)OC[C@@H](CNC(=O)c1cscn1)O2. The first-order valence-electron chi connectivity index (χ1n) is 7.15. The Morgan fingerprint density at radius 3 is 3.05 bits per heavy atom. The van der Waals surface area contributed by atoms with E-state index in [-0.39, 0.29) is 17.8 Å². The molecule has 1 amide bonds. The molecule has 1 aliphatic heterocycles. The average molecular weight is 296 g/mol. The van der Waals surface area contributed by atoms with Crippen LogP contribution in [0.1, 0.15) is 43.1 Å². The fourth-order valence-electron chi connectivity index (χ4n) is 2.80. The van der Waals surface area contributed by atoms with Gasteiger partial charge in [0.1, 0.15) is 11.8 Å². The summed E-state index contributed by atoms with van der Waals surface area (Å²) in [5, 5.41) is 4.60. The van der Waals surface area contributed by atoms with E-state index in [0.29, 0.717) is 18.8 Å². The van der Waals surface area contributed by atoms with Gasteiger partial charge in [-0.05, 0) is 18.8 Å². The molecule has 1 N–H and O–H groups in total. The van der Waals surface area contributed by atoms with Crippen LogP contribution >= 0.6 is 11.3 Å². The number of nitrogens with one attached hydrogen (secondary N) is 1. The van der Waals surface area contributed by atoms with Crippen molar-refractivity contribution in [2.75, 3.05) is 13.2 Å². The zero-order valence-corrected chi connectivity index (χ0v) is 12.4. The molecule has 1 saturated heterocycles. The van der Waals surface area contributed by atoms with Crippen molar-refractivity contribution in [3.63, 3.8) is 0 Å². The molecule has 110 valence electrons. The van der Waals surface area contributed by atoms with E-state index in [1.54, 1.807) is 10.9 Å². The zero-order valence-electron chi connectivity index (χ0n) is 11.6. The molecule has 2 heterocycles. The second kappa shape index (κ2) is 5.79. The second-order valence-corrected chi connectivity index (χ2v) is 6.45. The first kappa shape index (κ1) is 14.0. The van der Waals surface area contributed by atoms with Gasteiger partial charge < -0.3 is 14.8 Å². The van der Waals surface area contributed by atoms with E-state index in [2.05, 4.69) is 17.2 Å². The normalized spacial score (nSPS) is 33.5. The quantitative estimate of drug-likeness (QED) is 0.929. The van der Waals surface area contributed by atoms with Crippen molar-refractivity contribution in [3.05, 3.63) is 16.6 Å². The van der Waals surface area contributed by atoms with Crippen molar-refractivity contribution in [1.29, 1.82) is 0 Å². The Balaban J connectivity index is 1.47. The largest absolute Gasteiger partial charge is 0.348 e. The molecular formula is C14H20N2O3S. The van der Waals surface area contributed by atoms with Crippen LogP contribution in [-0.2, 0) is 9.47 Å². The van der Waals surface area contributed by atoms with Crippen LogP contribution in [-0.4, -0.2) is 35.9 Å². The summed E-state index contributed by atoms with van der Waals surface area (Å²) in [6.07, 6.45) is 4.18. The zero-order chi connectivity index (χ0) is 14.0. The summed E-state index contributed by atoms with van der Waals surface area (Å²) in [7, 11) is 0. The van der Waals surface area contributed by atoms with Gasteiger partial charge >= 0.3 is 0 Å². The van der Waals surface area contributed by atoms with E-state index in [1.165, 1.54) is 11.3 Å². The van der Waals surface area contributed by atoms with Crippen molar-refractivity contribution < 1.29 is 14.3 Å². The highest BCUT2D eigenvalue weighted by molar-refractivity contribution is 7.07. The summed E-state index contributed by atoms with van der Waals surface area (Å²) < 4.78 is 11.9. The number of carbonyl (C=O) groups is 1. The molecule has 2 aliphatic rings. The number of thiazole rings is 1. The standard InChI is InChI=1S/C14H20N2O3S/c1-10-2-4-14(5-3-10)18-7-11(19-14)6-15-13(17)12-8-20-9-16-12/h8-11H,2-7H2,1H3,(H,15,17)/t10?,11-,14?/m1/s1. The van der Waals surface area contributed by atoms with Gasteiger partial charge in [-0.1, -0.05) is 6.92 Å². The van der Waals surface area contributed by atoms with Gasteiger partial charge in [-0.3, -0.25) is 4.79 Å². The van der Waals surface area contributed by atoms with Gasteiger partial charge in [0, 0.05) is 24.8 Å². The van der Waals surface area contributed by atoms with Crippen LogP contribution in [0.4, 0.5) is 0 Å². The molecule has 1 aliphatic carbocycles. The van der Waals surface area contributed by atoms with E-state index in [4.69, 9.17) is 9.47 Å². The molecular weight excluding hydrogens is 276 g/mol. The fourth-order valence-corrected chi connectivity index (χ4v) is 3.34. The molecule has 1 spiro atoms. The maximum atomic E-state index is 11.8. The minimum absolute atomic E-state index is 0.0500. The molecule has 1 saturated carbocycles. The number of hydrogen-bond donors (Lipinski definition) is 1. The van der Waals surface area contributed by atoms with Crippen molar-refractivity contribution >= 4 is 17.2 Å². The van der Waals surface area contributed by atoms with Gasteiger partial charge in [-0.2, -0.15) is 0 Å². The van der Waals surface area contributed by atoms with E-state index in [1.807, 2.05) is 0 Å². The monoisotopic (exact) mass is 296 g/mol. The lowest BCUT2D eigenvalue weighted by molar-refractivity contribution is -0.191. The fraction of sp³-hybridized carbons (Fsp3) is 0.714. The molecule has 1 aromatic heterocycles.